The number of nitrogens with one attached hydrogen (secondary N) is 1. The quantitative estimate of drug-likeness (QED) is 0.342. The van der Waals surface area contributed by atoms with E-state index in [0.717, 1.165) is 31.2 Å². The number of carbonyl (C=O) groups is 2. The minimum atomic E-state index is -1.01. The number of benzene rings is 2. The zero-order valence-electron chi connectivity index (χ0n) is 21.7. The van der Waals surface area contributed by atoms with E-state index in [2.05, 4.69) is 29.1 Å². The first kappa shape index (κ1) is 26.7. The Labute approximate surface area is 218 Å². The summed E-state index contributed by atoms with van der Waals surface area (Å²) in [6.45, 7) is 4.25. The lowest BCUT2D eigenvalue weighted by Crippen LogP contribution is -2.44. The molecule has 0 unspecified atom stereocenters. The highest BCUT2D eigenvalue weighted by atomic mass is 16.6. The molecular formula is C30H37N3O4. The second-order valence-electron chi connectivity index (χ2n) is 10.5. The zero-order chi connectivity index (χ0) is 26.2. The first-order valence-corrected chi connectivity index (χ1v) is 13.3. The van der Waals surface area contributed by atoms with Crippen LogP contribution in [0.15, 0.2) is 60.8 Å². The average Bonchev–Trinajstić information content (AvgIpc) is 2.88. The highest BCUT2D eigenvalue weighted by Crippen LogP contribution is 2.25. The number of fused-ring (bicyclic) bond motifs is 1. The molecular weight excluding hydrogens is 466 g/mol. The van der Waals surface area contributed by atoms with E-state index in [-0.39, 0.29) is 30.0 Å². The lowest BCUT2D eigenvalue weighted by atomic mass is 9.87. The first-order valence-electron chi connectivity index (χ1n) is 13.3. The van der Waals surface area contributed by atoms with Crippen molar-refractivity contribution in [3.05, 3.63) is 72.1 Å². The molecule has 2 N–H and O–H groups in total. The van der Waals surface area contributed by atoms with Crippen LogP contribution in [-0.4, -0.2) is 45.2 Å². The Morgan fingerprint density at radius 2 is 1.73 bits per heavy atom. The molecule has 1 heterocycles. The summed E-state index contributed by atoms with van der Waals surface area (Å²) in [6, 6.07) is 17.1. The van der Waals surface area contributed by atoms with Gasteiger partial charge in [0, 0.05) is 18.4 Å². The SMILES string of the molecule is CC(C)CC[C@H](C[C@H](O)[C@H](Cc1ccccc1)OC(=O)c1cnc2ccccc2n1)C(=O)NC1CCC1. The van der Waals surface area contributed by atoms with Crippen LogP contribution in [0.4, 0.5) is 0 Å². The van der Waals surface area contributed by atoms with Gasteiger partial charge >= 0.3 is 5.97 Å². The van der Waals surface area contributed by atoms with E-state index in [4.69, 9.17) is 4.74 Å². The van der Waals surface area contributed by atoms with Gasteiger partial charge < -0.3 is 15.2 Å². The number of rotatable bonds is 12. The molecule has 1 aliphatic rings. The molecule has 1 saturated carbocycles. The largest absolute Gasteiger partial charge is 0.454 e. The monoisotopic (exact) mass is 503 g/mol. The Morgan fingerprint density at radius 3 is 2.41 bits per heavy atom. The van der Waals surface area contributed by atoms with E-state index in [9.17, 15) is 14.7 Å². The summed E-state index contributed by atoms with van der Waals surface area (Å²) in [5, 5.41) is 14.5. The lowest BCUT2D eigenvalue weighted by Gasteiger charge is -2.31. The maximum absolute atomic E-state index is 13.1. The molecule has 7 heteroatoms. The normalized spacial score (nSPS) is 16.1. The minimum absolute atomic E-state index is 0.0189. The molecule has 37 heavy (non-hydrogen) atoms. The highest BCUT2D eigenvalue weighted by Gasteiger charge is 2.32. The number of aliphatic hydroxyl groups excluding tert-OH is 1. The fourth-order valence-corrected chi connectivity index (χ4v) is 4.56. The van der Waals surface area contributed by atoms with Gasteiger partial charge in [-0.05, 0) is 55.7 Å². The van der Waals surface area contributed by atoms with Crippen LogP contribution in [0.5, 0.6) is 0 Å². The summed E-state index contributed by atoms with van der Waals surface area (Å²) in [5.74, 6) is -0.568. The molecule has 0 saturated heterocycles. The molecule has 0 aliphatic heterocycles. The van der Waals surface area contributed by atoms with Gasteiger partial charge in [-0.15, -0.1) is 0 Å². The average molecular weight is 504 g/mol. The van der Waals surface area contributed by atoms with E-state index < -0.39 is 18.2 Å². The molecule has 0 radical (unpaired) electrons. The van der Waals surface area contributed by atoms with Crippen LogP contribution < -0.4 is 5.32 Å². The van der Waals surface area contributed by atoms with Crippen LogP contribution in [-0.2, 0) is 16.0 Å². The molecule has 4 rings (SSSR count). The molecule has 196 valence electrons. The first-order chi connectivity index (χ1) is 17.9. The van der Waals surface area contributed by atoms with Gasteiger partial charge in [-0.1, -0.05) is 62.7 Å². The molecule has 0 bridgehead atoms. The summed E-state index contributed by atoms with van der Waals surface area (Å²) in [7, 11) is 0. The van der Waals surface area contributed by atoms with Gasteiger partial charge in [0.25, 0.3) is 0 Å². The van der Waals surface area contributed by atoms with Gasteiger partial charge in [-0.25, -0.2) is 9.78 Å². The van der Waals surface area contributed by atoms with E-state index in [0.29, 0.717) is 29.8 Å². The number of para-hydroxylation sites is 2. The molecule has 1 aliphatic carbocycles. The van der Waals surface area contributed by atoms with Gasteiger partial charge in [0.05, 0.1) is 23.3 Å². The summed E-state index contributed by atoms with van der Waals surface area (Å²) < 4.78 is 5.85. The summed E-state index contributed by atoms with van der Waals surface area (Å²) in [4.78, 5) is 34.9. The number of carbonyl (C=O) groups excluding carboxylic acids is 2. The molecule has 7 nitrogen and oxygen atoms in total. The van der Waals surface area contributed by atoms with Crippen molar-refractivity contribution in [2.45, 2.75) is 77.0 Å². The van der Waals surface area contributed by atoms with Crippen molar-refractivity contribution in [3.8, 4) is 0 Å². The third kappa shape index (κ3) is 7.59. The van der Waals surface area contributed by atoms with Crippen LogP contribution in [0.3, 0.4) is 0 Å². The fraction of sp³-hybridized carbons (Fsp3) is 0.467. The molecule has 1 fully saturated rings. The van der Waals surface area contributed by atoms with Gasteiger partial charge in [0.2, 0.25) is 5.91 Å². The fourth-order valence-electron chi connectivity index (χ4n) is 4.56. The van der Waals surface area contributed by atoms with Crippen LogP contribution >= 0.6 is 0 Å². The Morgan fingerprint density at radius 1 is 1.03 bits per heavy atom. The van der Waals surface area contributed by atoms with Crippen molar-refractivity contribution in [3.63, 3.8) is 0 Å². The standard InChI is InChI=1S/C30H37N3O4/c1-20(2)15-16-22(29(35)32-23-11-8-12-23)18-27(34)28(17-21-9-4-3-5-10-21)37-30(36)26-19-31-24-13-6-7-14-25(24)33-26/h3-7,9-10,13-14,19-20,22-23,27-28,34H,8,11-12,15-18H2,1-2H3,(H,32,35)/t22-,27+,28+/m1/s1. The van der Waals surface area contributed by atoms with E-state index in [1.165, 1.54) is 6.20 Å². The van der Waals surface area contributed by atoms with Crippen molar-refractivity contribution in [1.82, 2.24) is 15.3 Å². The third-order valence-electron chi connectivity index (χ3n) is 7.07. The maximum Gasteiger partial charge on any atom is 0.358 e. The topological polar surface area (TPSA) is 101 Å². The van der Waals surface area contributed by atoms with Crippen LogP contribution in [0.2, 0.25) is 0 Å². The van der Waals surface area contributed by atoms with Crippen LogP contribution in [0.25, 0.3) is 11.0 Å². The minimum Gasteiger partial charge on any atom is -0.454 e. The van der Waals surface area contributed by atoms with Crippen molar-refractivity contribution in [2.24, 2.45) is 11.8 Å². The summed E-state index contributed by atoms with van der Waals surface area (Å²) in [5.41, 5.74) is 2.30. The highest BCUT2D eigenvalue weighted by molar-refractivity contribution is 5.89. The van der Waals surface area contributed by atoms with Gasteiger partial charge in [0.1, 0.15) is 6.10 Å². The van der Waals surface area contributed by atoms with Crippen molar-refractivity contribution < 1.29 is 19.4 Å². The van der Waals surface area contributed by atoms with Gasteiger partial charge in [-0.2, -0.15) is 0 Å². The number of ether oxygens (including phenoxy) is 1. The number of aromatic nitrogens is 2. The summed E-state index contributed by atoms with van der Waals surface area (Å²) >= 11 is 0. The van der Waals surface area contributed by atoms with Gasteiger partial charge in [-0.3, -0.25) is 9.78 Å². The maximum atomic E-state index is 13.1. The second-order valence-corrected chi connectivity index (χ2v) is 10.5. The smallest absolute Gasteiger partial charge is 0.358 e. The zero-order valence-corrected chi connectivity index (χ0v) is 21.7. The molecule has 2 aromatic carbocycles. The van der Waals surface area contributed by atoms with E-state index in [1.807, 2.05) is 48.5 Å². The van der Waals surface area contributed by atoms with Crippen molar-refractivity contribution in [2.75, 3.05) is 0 Å². The number of amides is 1. The predicted molar refractivity (Wildman–Crippen MR) is 143 cm³/mol. The Hall–Kier alpha value is -3.32. The molecule has 3 atom stereocenters. The van der Waals surface area contributed by atoms with Crippen molar-refractivity contribution in [1.29, 1.82) is 0 Å². The molecule has 1 amide bonds. The lowest BCUT2D eigenvalue weighted by molar-refractivity contribution is -0.128. The second kappa shape index (κ2) is 12.8. The van der Waals surface area contributed by atoms with Gasteiger partial charge in [0.15, 0.2) is 5.69 Å². The third-order valence-corrected chi connectivity index (χ3v) is 7.07. The molecule has 1 aromatic heterocycles. The number of aliphatic hydroxyl groups is 1. The number of hydrogen-bond donors (Lipinski definition) is 2. The van der Waals surface area contributed by atoms with Crippen LogP contribution in [0, 0.1) is 11.8 Å². The molecule has 3 aromatic rings. The van der Waals surface area contributed by atoms with Crippen molar-refractivity contribution >= 4 is 22.9 Å². The Bertz CT molecular complexity index is 1180. The Balaban J connectivity index is 1.51. The van der Waals surface area contributed by atoms with E-state index >= 15 is 0 Å². The summed E-state index contributed by atoms with van der Waals surface area (Å²) in [6.07, 6.45) is 4.81. The molecule has 0 spiro atoms. The predicted octanol–water partition coefficient (Wildman–Crippen LogP) is 4.87. The number of hydrogen-bond acceptors (Lipinski definition) is 6. The Kier molecular flexibility index (Phi) is 9.23. The number of esters is 1. The van der Waals surface area contributed by atoms with E-state index in [1.54, 1.807) is 6.07 Å². The van der Waals surface area contributed by atoms with Crippen LogP contribution in [0.1, 0.15) is 68.4 Å². The number of nitrogens with zero attached hydrogens (tertiary/aromatic N) is 2.